The Kier molecular flexibility index (Phi) is 7.80. The minimum atomic E-state index is -2.80. The van der Waals surface area contributed by atoms with Gasteiger partial charge in [0.2, 0.25) is 0 Å². The Morgan fingerprint density at radius 3 is 1.98 bits per heavy atom. The van der Waals surface area contributed by atoms with Crippen LogP contribution in [0.3, 0.4) is 0 Å². The molecule has 1 spiro atoms. The molecule has 0 aromatic heterocycles. The summed E-state index contributed by atoms with van der Waals surface area (Å²) in [5, 5.41) is 2.35. The van der Waals surface area contributed by atoms with Gasteiger partial charge in [0, 0.05) is 18.4 Å². The molecule has 0 N–H and O–H groups in total. The van der Waals surface area contributed by atoms with Crippen molar-refractivity contribution in [1.82, 2.24) is 0 Å². The molecule has 0 heterocycles. The zero-order chi connectivity index (χ0) is 30.7. The zero-order valence-corrected chi connectivity index (χ0v) is 28.1. The fraction of sp³-hybridized carbons (Fsp3) is 0.568. The van der Waals surface area contributed by atoms with Crippen molar-refractivity contribution in [2.24, 2.45) is 34.0 Å². The Morgan fingerprint density at radius 2 is 1.48 bits per heavy atom. The second kappa shape index (κ2) is 10.6. The van der Waals surface area contributed by atoms with Crippen LogP contribution < -0.4 is 10.4 Å². The maximum Gasteiger partial charge on any atom is 0.311 e. The van der Waals surface area contributed by atoms with Gasteiger partial charge in [-0.1, -0.05) is 108 Å². The quantitative estimate of drug-likeness (QED) is 0.267. The van der Waals surface area contributed by atoms with Crippen molar-refractivity contribution in [3.05, 3.63) is 72.3 Å². The van der Waals surface area contributed by atoms with E-state index in [2.05, 4.69) is 108 Å². The SMILES string of the molecule is C[C@@H]1[C@@H](OC(=O)C(C)(C)C)C[C@H]2C(C)(C)C=C3C(=O)CC[C@@]32[C@H]1CO[Si](c1ccccc1)(c1ccccc1)C(C)(C)C. The first-order valence-corrected chi connectivity index (χ1v) is 17.7. The minimum absolute atomic E-state index is 0.0500. The highest BCUT2D eigenvalue weighted by atomic mass is 28.4. The summed E-state index contributed by atoms with van der Waals surface area (Å²) in [6.07, 6.45) is 4.27. The summed E-state index contributed by atoms with van der Waals surface area (Å²) < 4.78 is 13.9. The molecule has 0 saturated heterocycles. The molecular weight excluding hydrogens is 536 g/mol. The van der Waals surface area contributed by atoms with Gasteiger partial charge in [-0.3, -0.25) is 9.59 Å². The monoisotopic (exact) mass is 586 g/mol. The average Bonchev–Trinajstić information content (AvgIpc) is 3.34. The van der Waals surface area contributed by atoms with Crippen LogP contribution in [0.15, 0.2) is 72.3 Å². The lowest BCUT2D eigenvalue weighted by Gasteiger charge is -2.55. The first-order chi connectivity index (χ1) is 19.6. The van der Waals surface area contributed by atoms with E-state index in [-0.39, 0.29) is 45.7 Å². The molecule has 2 saturated carbocycles. The number of allylic oxidation sites excluding steroid dienone is 2. The topological polar surface area (TPSA) is 52.6 Å². The molecule has 5 rings (SSSR count). The number of hydrogen-bond donors (Lipinski definition) is 0. The van der Waals surface area contributed by atoms with Gasteiger partial charge in [0.05, 0.1) is 5.41 Å². The lowest BCUT2D eigenvalue weighted by Crippen LogP contribution is -2.67. The molecule has 2 aromatic rings. The van der Waals surface area contributed by atoms with Crippen molar-refractivity contribution in [2.45, 2.75) is 92.7 Å². The zero-order valence-electron chi connectivity index (χ0n) is 27.1. The smallest absolute Gasteiger partial charge is 0.311 e. The molecule has 0 unspecified atom stereocenters. The van der Waals surface area contributed by atoms with Crippen LogP contribution in [0.25, 0.3) is 0 Å². The molecule has 5 heteroatoms. The Bertz CT molecular complexity index is 1310. The van der Waals surface area contributed by atoms with E-state index in [4.69, 9.17) is 9.16 Å². The number of ether oxygens (including phenoxy) is 1. The third-order valence-corrected chi connectivity index (χ3v) is 15.7. The second-order valence-corrected chi connectivity index (χ2v) is 20.1. The van der Waals surface area contributed by atoms with Crippen molar-refractivity contribution in [1.29, 1.82) is 0 Å². The van der Waals surface area contributed by atoms with Crippen molar-refractivity contribution >= 4 is 30.4 Å². The van der Waals surface area contributed by atoms with Gasteiger partial charge in [0.15, 0.2) is 5.78 Å². The molecule has 42 heavy (non-hydrogen) atoms. The predicted octanol–water partition coefficient (Wildman–Crippen LogP) is 7.11. The molecule has 4 nitrogen and oxygen atoms in total. The van der Waals surface area contributed by atoms with Crippen molar-refractivity contribution in [2.75, 3.05) is 6.61 Å². The van der Waals surface area contributed by atoms with Gasteiger partial charge in [-0.2, -0.15) is 0 Å². The van der Waals surface area contributed by atoms with Crippen molar-refractivity contribution in [3.63, 3.8) is 0 Å². The number of carbonyl (C=O) groups is 2. The first kappa shape index (κ1) is 30.9. The largest absolute Gasteiger partial charge is 0.462 e. The standard InChI is InChI=1S/C37H50O4Si/c1-25-29(24-40-42(35(5,6)7,26-16-12-10-13-17-26)27-18-14-11-15-19-27)37-21-20-30(38)28(37)23-36(8,9)32(37)22-31(25)41-33(39)34(2,3)4/h10-19,23,25,29,31-32H,20-22,24H2,1-9H3/t25-,29-,31-,32-,37-/m0/s1. The molecule has 0 amide bonds. The van der Waals surface area contributed by atoms with Crippen LogP contribution >= 0.6 is 0 Å². The minimum Gasteiger partial charge on any atom is -0.462 e. The summed E-state index contributed by atoms with van der Waals surface area (Å²) in [4.78, 5) is 26.7. The number of benzene rings is 2. The fourth-order valence-corrected chi connectivity index (χ4v) is 13.2. The summed E-state index contributed by atoms with van der Waals surface area (Å²) in [7, 11) is -2.80. The summed E-state index contributed by atoms with van der Waals surface area (Å²) >= 11 is 0. The number of carbonyl (C=O) groups excluding carboxylic acids is 2. The molecule has 3 aliphatic rings. The summed E-state index contributed by atoms with van der Waals surface area (Å²) in [5.74, 6) is 0.448. The van der Waals surface area contributed by atoms with Gasteiger partial charge < -0.3 is 9.16 Å². The highest BCUT2D eigenvalue weighted by molar-refractivity contribution is 6.99. The highest BCUT2D eigenvalue weighted by Crippen LogP contribution is 2.68. The normalized spacial score (nSPS) is 29.1. The highest BCUT2D eigenvalue weighted by Gasteiger charge is 2.66. The second-order valence-electron chi connectivity index (χ2n) is 15.8. The molecule has 0 radical (unpaired) electrons. The lowest BCUT2D eigenvalue weighted by atomic mass is 9.52. The number of rotatable bonds is 6. The van der Waals surface area contributed by atoms with Gasteiger partial charge in [-0.25, -0.2) is 0 Å². The van der Waals surface area contributed by atoms with Crippen molar-refractivity contribution < 1.29 is 18.8 Å². The first-order valence-electron chi connectivity index (χ1n) is 15.8. The van der Waals surface area contributed by atoms with Crippen LogP contribution in [0.5, 0.6) is 0 Å². The number of Topliss-reactive ketones (excluding diaryl/α,β-unsaturated/α-hetero) is 1. The number of esters is 1. The Morgan fingerprint density at radius 1 is 0.929 bits per heavy atom. The van der Waals surface area contributed by atoms with E-state index in [0.29, 0.717) is 18.8 Å². The van der Waals surface area contributed by atoms with Crippen LogP contribution in [0.2, 0.25) is 5.04 Å². The Balaban J connectivity index is 1.62. The molecule has 2 aromatic carbocycles. The van der Waals surface area contributed by atoms with E-state index in [1.165, 1.54) is 10.4 Å². The lowest BCUT2D eigenvalue weighted by molar-refractivity contribution is -0.174. The fourth-order valence-electron chi connectivity index (χ4n) is 8.64. The molecule has 3 aliphatic carbocycles. The van der Waals surface area contributed by atoms with Gasteiger partial charge in [-0.15, -0.1) is 0 Å². The van der Waals surface area contributed by atoms with E-state index in [1.807, 2.05) is 20.8 Å². The van der Waals surface area contributed by atoms with Gasteiger partial charge in [-0.05, 0) is 77.8 Å². The predicted molar refractivity (Wildman–Crippen MR) is 172 cm³/mol. The molecule has 5 atom stereocenters. The van der Waals surface area contributed by atoms with Gasteiger partial charge in [0.1, 0.15) is 6.10 Å². The number of hydrogen-bond acceptors (Lipinski definition) is 4. The third-order valence-electron chi connectivity index (χ3n) is 10.7. The Labute approximate surface area is 254 Å². The maximum atomic E-state index is 13.5. The average molecular weight is 587 g/mol. The summed E-state index contributed by atoms with van der Waals surface area (Å²) in [5.41, 5.74) is 0.0261. The van der Waals surface area contributed by atoms with E-state index in [9.17, 15) is 9.59 Å². The molecule has 0 aliphatic heterocycles. The van der Waals surface area contributed by atoms with Gasteiger partial charge >= 0.3 is 5.97 Å². The summed E-state index contributed by atoms with van der Waals surface area (Å²) in [6.45, 7) is 20.0. The van der Waals surface area contributed by atoms with E-state index < -0.39 is 13.7 Å². The van der Waals surface area contributed by atoms with Crippen LogP contribution in [0.4, 0.5) is 0 Å². The van der Waals surface area contributed by atoms with E-state index in [0.717, 1.165) is 18.4 Å². The molecule has 0 bridgehead atoms. The van der Waals surface area contributed by atoms with E-state index >= 15 is 0 Å². The van der Waals surface area contributed by atoms with Crippen LogP contribution in [0, 0.1) is 34.0 Å². The third kappa shape index (κ3) is 4.85. The molecule has 2 fully saturated rings. The Hall–Kier alpha value is -2.50. The molecular formula is C37H50O4Si. The summed E-state index contributed by atoms with van der Waals surface area (Å²) in [6, 6.07) is 21.5. The molecule has 226 valence electrons. The van der Waals surface area contributed by atoms with E-state index in [1.54, 1.807) is 0 Å². The van der Waals surface area contributed by atoms with Gasteiger partial charge in [0.25, 0.3) is 8.32 Å². The van der Waals surface area contributed by atoms with Crippen molar-refractivity contribution in [3.8, 4) is 0 Å². The number of ketones is 1. The van der Waals surface area contributed by atoms with Crippen LogP contribution in [-0.2, 0) is 18.8 Å². The van der Waals surface area contributed by atoms with Crippen LogP contribution in [-0.4, -0.2) is 32.8 Å². The maximum absolute atomic E-state index is 13.5. The van der Waals surface area contributed by atoms with Crippen LogP contribution in [0.1, 0.15) is 81.6 Å².